The van der Waals surface area contributed by atoms with Crippen molar-refractivity contribution >= 4 is 40.1 Å². The van der Waals surface area contributed by atoms with E-state index in [9.17, 15) is 9.59 Å². The van der Waals surface area contributed by atoms with Crippen molar-refractivity contribution in [1.29, 1.82) is 0 Å². The van der Waals surface area contributed by atoms with Gasteiger partial charge in [0.1, 0.15) is 11.6 Å². The Labute approximate surface area is 161 Å². The molecule has 6 nitrogen and oxygen atoms in total. The van der Waals surface area contributed by atoms with Crippen LogP contribution in [0.1, 0.15) is 32.0 Å². The van der Waals surface area contributed by atoms with Crippen LogP contribution in [0.3, 0.4) is 0 Å². The molecule has 8 heteroatoms. The molecule has 0 aliphatic heterocycles. The van der Waals surface area contributed by atoms with Gasteiger partial charge in [0, 0.05) is 11.8 Å². The number of carbonyl (C=O) groups is 2. The normalized spacial score (nSPS) is 12.3. The number of benzene rings is 1. The second-order valence-corrected chi connectivity index (χ2v) is 7.78. The smallest absolute Gasteiger partial charge is 0.408 e. The van der Waals surface area contributed by atoms with Gasteiger partial charge < -0.3 is 15.4 Å². The maximum absolute atomic E-state index is 12.7. The van der Waals surface area contributed by atoms with Crippen LogP contribution in [0.5, 0.6) is 0 Å². The van der Waals surface area contributed by atoms with E-state index in [1.54, 1.807) is 26.2 Å². The van der Waals surface area contributed by atoms with Crippen molar-refractivity contribution in [3.05, 3.63) is 47.0 Å². The predicted molar refractivity (Wildman–Crippen MR) is 104 cm³/mol. The van der Waals surface area contributed by atoms with Crippen molar-refractivity contribution in [2.45, 2.75) is 44.7 Å². The number of nitrogens with one attached hydrogen (secondary N) is 2. The van der Waals surface area contributed by atoms with Crippen LogP contribution in [0.25, 0.3) is 0 Å². The molecule has 2 amide bonds. The Balaban J connectivity index is 2.10. The van der Waals surface area contributed by atoms with Gasteiger partial charge in [-0.25, -0.2) is 9.78 Å². The first-order valence-corrected chi connectivity index (χ1v) is 9.53. The number of aromatic nitrogens is 1. The minimum Gasteiger partial charge on any atom is -0.444 e. The zero-order chi connectivity index (χ0) is 19.2. The number of rotatable bonds is 6. The molecule has 0 aliphatic carbocycles. The average Bonchev–Trinajstić information content (AvgIpc) is 3.01. The molecule has 2 aromatic rings. The highest BCUT2D eigenvalue weighted by molar-refractivity contribution is 7.14. The Morgan fingerprint density at radius 3 is 2.54 bits per heavy atom. The molecule has 0 bridgehead atoms. The first-order chi connectivity index (χ1) is 12.3. The van der Waals surface area contributed by atoms with Gasteiger partial charge in [-0.3, -0.25) is 4.79 Å². The summed E-state index contributed by atoms with van der Waals surface area (Å²) in [5.74, 6) is -0.0918. The molecule has 26 heavy (non-hydrogen) atoms. The second-order valence-electron chi connectivity index (χ2n) is 6.66. The number of thiazole rings is 1. The lowest BCUT2D eigenvalue weighted by Gasteiger charge is -2.23. The highest BCUT2D eigenvalue weighted by Crippen LogP contribution is 2.17. The van der Waals surface area contributed by atoms with E-state index in [4.69, 9.17) is 16.3 Å². The first-order valence-electron chi connectivity index (χ1n) is 8.11. The van der Waals surface area contributed by atoms with Crippen LogP contribution in [0, 0.1) is 0 Å². The van der Waals surface area contributed by atoms with Crippen molar-refractivity contribution in [2.75, 3.05) is 5.32 Å². The third-order valence-corrected chi connectivity index (χ3v) is 4.29. The maximum atomic E-state index is 12.7. The van der Waals surface area contributed by atoms with Crippen molar-refractivity contribution in [1.82, 2.24) is 10.3 Å². The molecule has 2 rings (SSSR count). The SMILES string of the molecule is CC(C)(C)OC(=O)NC(Cc1ccccc1)C(=O)Nc1nc(CCl)cs1. The molecule has 1 aromatic heterocycles. The molecular weight excluding hydrogens is 374 g/mol. The van der Waals surface area contributed by atoms with E-state index < -0.39 is 17.7 Å². The van der Waals surface area contributed by atoms with Crippen molar-refractivity contribution in [3.63, 3.8) is 0 Å². The summed E-state index contributed by atoms with van der Waals surface area (Å²) in [5, 5.41) is 7.58. The molecule has 140 valence electrons. The lowest BCUT2D eigenvalue weighted by molar-refractivity contribution is -0.118. The standard InChI is InChI=1S/C18H22ClN3O3S/c1-18(2,3)25-17(24)21-14(9-12-7-5-4-6-8-12)15(23)22-16-20-13(10-19)11-26-16/h4-8,11,14H,9-10H2,1-3H3,(H,21,24)(H,20,22,23). The van der Waals surface area contributed by atoms with Crippen molar-refractivity contribution in [2.24, 2.45) is 0 Å². The number of ether oxygens (including phenoxy) is 1. The van der Waals surface area contributed by atoms with E-state index in [1.165, 1.54) is 11.3 Å². The molecule has 1 unspecified atom stereocenters. The third kappa shape index (κ3) is 6.65. The van der Waals surface area contributed by atoms with Gasteiger partial charge in [-0.1, -0.05) is 30.3 Å². The van der Waals surface area contributed by atoms with Gasteiger partial charge in [0.15, 0.2) is 5.13 Å². The number of anilines is 1. The second kappa shape index (κ2) is 9.00. The zero-order valence-electron chi connectivity index (χ0n) is 14.9. The quantitative estimate of drug-likeness (QED) is 0.725. The summed E-state index contributed by atoms with van der Waals surface area (Å²) in [7, 11) is 0. The number of halogens is 1. The number of hydrogen-bond acceptors (Lipinski definition) is 5. The Morgan fingerprint density at radius 2 is 1.96 bits per heavy atom. The lowest BCUT2D eigenvalue weighted by Crippen LogP contribution is -2.47. The number of alkyl halides is 1. The third-order valence-electron chi connectivity index (χ3n) is 3.21. The van der Waals surface area contributed by atoms with Gasteiger partial charge in [-0.2, -0.15) is 0 Å². The molecule has 0 fully saturated rings. The van der Waals surface area contributed by atoms with Crippen LogP contribution in [0.4, 0.5) is 9.93 Å². The van der Waals surface area contributed by atoms with Crippen LogP contribution in [0.15, 0.2) is 35.7 Å². The molecular formula is C18H22ClN3O3S. The van der Waals surface area contributed by atoms with E-state index in [0.29, 0.717) is 17.2 Å². The number of nitrogens with zero attached hydrogens (tertiary/aromatic N) is 1. The van der Waals surface area contributed by atoms with Gasteiger partial charge in [-0.05, 0) is 26.3 Å². The van der Waals surface area contributed by atoms with Gasteiger partial charge in [0.25, 0.3) is 0 Å². The molecule has 1 aromatic carbocycles. The van der Waals surface area contributed by atoms with Crippen LogP contribution in [-0.2, 0) is 21.8 Å². The summed E-state index contributed by atoms with van der Waals surface area (Å²) in [6.45, 7) is 5.30. The Hall–Kier alpha value is -2.12. The summed E-state index contributed by atoms with van der Waals surface area (Å²) in [5.41, 5.74) is 0.957. The van der Waals surface area contributed by atoms with E-state index in [-0.39, 0.29) is 11.8 Å². The van der Waals surface area contributed by atoms with E-state index in [0.717, 1.165) is 5.56 Å². The minimum absolute atomic E-state index is 0.274. The Morgan fingerprint density at radius 1 is 1.27 bits per heavy atom. The number of hydrogen-bond donors (Lipinski definition) is 2. The molecule has 0 saturated carbocycles. The van der Waals surface area contributed by atoms with E-state index >= 15 is 0 Å². The molecule has 1 heterocycles. The molecule has 0 radical (unpaired) electrons. The maximum Gasteiger partial charge on any atom is 0.408 e. The van der Waals surface area contributed by atoms with E-state index in [2.05, 4.69) is 15.6 Å². The predicted octanol–water partition coefficient (Wildman–Crippen LogP) is 3.96. The molecule has 1 atom stereocenters. The van der Waals surface area contributed by atoms with Gasteiger partial charge in [-0.15, -0.1) is 22.9 Å². The topological polar surface area (TPSA) is 80.3 Å². The summed E-state index contributed by atoms with van der Waals surface area (Å²) in [6.07, 6.45) is -0.311. The fourth-order valence-corrected chi connectivity index (χ4v) is 3.07. The van der Waals surface area contributed by atoms with Crippen LogP contribution < -0.4 is 10.6 Å². The molecule has 0 aliphatic rings. The van der Waals surface area contributed by atoms with Gasteiger partial charge in [0.05, 0.1) is 11.6 Å². The summed E-state index contributed by atoms with van der Waals surface area (Å²) < 4.78 is 5.27. The Kier molecular flexibility index (Phi) is 6.99. The number of amides is 2. The summed E-state index contributed by atoms with van der Waals surface area (Å²) in [4.78, 5) is 29.0. The fraction of sp³-hybridized carbons (Fsp3) is 0.389. The highest BCUT2D eigenvalue weighted by atomic mass is 35.5. The first kappa shape index (κ1) is 20.2. The lowest BCUT2D eigenvalue weighted by atomic mass is 10.1. The van der Waals surface area contributed by atoms with Crippen LogP contribution >= 0.6 is 22.9 Å². The van der Waals surface area contributed by atoms with Gasteiger partial charge >= 0.3 is 6.09 Å². The summed E-state index contributed by atoms with van der Waals surface area (Å²) >= 11 is 7.02. The van der Waals surface area contributed by atoms with E-state index in [1.807, 2.05) is 30.3 Å². The molecule has 2 N–H and O–H groups in total. The number of carbonyl (C=O) groups excluding carboxylic acids is 2. The number of alkyl carbamates (subject to hydrolysis) is 1. The Bertz CT molecular complexity index is 744. The monoisotopic (exact) mass is 395 g/mol. The zero-order valence-corrected chi connectivity index (χ0v) is 16.5. The average molecular weight is 396 g/mol. The molecule has 0 saturated heterocycles. The van der Waals surface area contributed by atoms with Gasteiger partial charge in [0.2, 0.25) is 5.91 Å². The highest BCUT2D eigenvalue weighted by Gasteiger charge is 2.25. The van der Waals surface area contributed by atoms with Crippen molar-refractivity contribution in [3.8, 4) is 0 Å². The summed E-state index contributed by atoms with van der Waals surface area (Å²) in [6, 6.07) is 8.65. The minimum atomic E-state index is -0.796. The van der Waals surface area contributed by atoms with Crippen molar-refractivity contribution < 1.29 is 14.3 Å². The van der Waals surface area contributed by atoms with Crippen LogP contribution in [0.2, 0.25) is 0 Å². The largest absolute Gasteiger partial charge is 0.444 e. The van der Waals surface area contributed by atoms with Crippen LogP contribution in [-0.4, -0.2) is 28.6 Å². The molecule has 0 spiro atoms. The fourth-order valence-electron chi connectivity index (χ4n) is 2.13.